The third-order valence-corrected chi connectivity index (χ3v) is 2.69. The zero-order valence-corrected chi connectivity index (χ0v) is 11.6. The maximum Gasteiger partial charge on any atom is 0.272 e. The minimum Gasteiger partial charge on any atom is -0.385 e. The fourth-order valence-electron chi connectivity index (χ4n) is 1.59. The molecule has 0 saturated heterocycles. The van der Waals surface area contributed by atoms with Crippen molar-refractivity contribution < 1.29 is 4.79 Å². The molecule has 0 spiro atoms. The number of nitrogens with one attached hydrogen (secondary N) is 3. The number of aromatic nitrogens is 5. The van der Waals surface area contributed by atoms with E-state index in [-0.39, 0.29) is 18.4 Å². The largest absolute Gasteiger partial charge is 0.385 e. The van der Waals surface area contributed by atoms with Gasteiger partial charge in [-0.2, -0.15) is 5.10 Å². The molecule has 0 unspecified atom stereocenters. The first-order chi connectivity index (χ1) is 9.61. The smallest absolute Gasteiger partial charge is 0.272 e. The lowest BCUT2D eigenvalue weighted by Crippen LogP contribution is -2.26. The number of carbonyl (C=O) groups excluding carboxylic acids is 1. The highest BCUT2D eigenvalue weighted by Crippen LogP contribution is 2.15. The fraction of sp³-hybridized carbons (Fsp3) is 0.417. The highest BCUT2D eigenvalue weighted by atomic mass is 16.1. The number of H-pyrrole nitrogens is 1. The zero-order chi connectivity index (χ0) is 14.5. The molecule has 2 heterocycles. The molecule has 8 heteroatoms. The summed E-state index contributed by atoms with van der Waals surface area (Å²) in [6, 6.07) is 0. The van der Waals surface area contributed by atoms with E-state index in [0.29, 0.717) is 23.0 Å². The van der Waals surface area contributed by atoms with Crippen LogP contribution >= 0.6 is 0 Å². The van der Waals surface area contributed by atoms with Crippen molar-refractivity contribution in [2.45, 2.75) is 26.3 Å². The molecular formula is C12H17N7O. The van der Waals surface area contributed by atoms with Gasteiger partial charge in [0.2, 0.25) is 0 Å². The molecule has 0 bridgehead atoms. The van der Waals surface area contributed by atoms with Crippen LogP contribution in [0.15, 0.2) is 12.5 Å². The van der Waals surface area contributed by atoms with Gasteiger partial charge in [-0.05, 0) is 0 Å². The van der Waals surface area contributed by atoms with Gasteiger partial charge in [-0.25, -0.2) is 15.0 Å². The number of amides is 1. The molecular weight excluding hydrogens is 258 g/mol. The van der Waals surface area contributed by atoms with E-state index in [1.54, 1.807) is 13.2 Å². The number of nitrogens with zero attached hydrogens (tertiary/aromatic N) is 4. The van der Waals surface area contributed by atoms with Crippen LogP contribution in [0.3, 0.4) is 0 Å². The minimum atomic E-state index is -0.282. The quantitative estimate of drug-likeness (QED) is 0.741. The van der Waals surface area contributed by atoms with E-state index >= 15 is 0 Å². The summed E-state index contributed by atoms with van der Waals surface area (Å²) in [7, 11) is 1.72. The molecule has 1 amide bonds. The molecule has 2 aromatic heterocycles. The van der Waals surface area contributed by atoms with E-state index in [9.17, 15) is 4.79 Å². The van der Waals surface area contributed by atoms with Crippen LogP contribution < -0.4 is 10.6 Å². The average molecular weight is 275 g/mol. The Bertz CT molecular complexity index is 579. The summed E-state index contributed by atoms with van der Waals surface area (Å²) in [6.07, 6.45) is 3.01. The van der Waals surface area contributed by atoms with E-state index in [1.807, 2.05) is 13.8 Å². The van der Waals surface area contributed by atoms with Crippen molar-refractivity contribution in [3.8, 4) is 0 Å². The predicted octanol–water partition coefficient (Wildman–Crippen LogP) is 0.690. The second-order valence-electron chi connectivity index (χ2n) is 4.51. The molecule has 8 nitrogen and oxygen atoms in total. The Kier molecular flexibility index (Phi) is 4.24. The van der Waals surface area contributed by atoms with Gasteiger partial charge in [-0.3, -0.25) is 9.89 Å². The monoisotopic (exact) mass is 275 g/mol. The van der Waals surface area contributed by atoms with Crippen molar-refractivity contribution in [2.24, 2.45) is 0 Å². The van der Waals surface area contributed by atoms with Gasteiger partial charge < -0.3 is 10.6 Å². The van der Waals surface area contributed by atoms with Crippen molar-refractivity contribution in [1.29, 1.82) is 0 Å². The second-order valence-corrected chi connectivity index (χ2v) is 4.51. The van der Waals surface area contributed by atoms with Gasteiger partial charge in [0.05, 0.1) is 18.4 Å². The van der Waals surface area contributed by atoms with Gasteiger partial charge in [-0.15, -0.1) is 0 Å². The number of hydrogen-bond donors (Lipinski definition) is 3. The summed E-state index contributed by atoms with van der Waals surface area (Å²) in [6.45, 7) is 4.22. The molecule has 0 aliphatic carbocycles. The van der Waals surface area contributed by atoms with Gasteiger partial charge >= 0.3 is 0 Å². The number of aromatic amines is 1. The fourth-order valence-corrected chi connectivity index (χ4v) is 1.59. The number of rotatable bonds is 5. The summed E-state index contributed by atoms with van der Waals surface area (Å²) in [5, 5.41) is 12.0. The van der Waals surface area contributed by atoms with Gasteiger partial charge in [0.15, 0.2) is 5.69 Å². The molecule has 0 aromatic carbocycles. The summed E-state index contributed by atoms with van der Waals surface area (Å²) in [4.78, 5) is 24.7. The molecule has 2 rings (SSSR count). The van der Waals surface area contributed by atoms with Gasteiger partial charge in [0, 0.05) is 13.0 Å². The lowest BCUT2D eigenvalue weighted by Gasteiger charge is -2.11. The third kappa shape index (κ3) is 3.08. The molecule has 3 N–H and O–H groups in total. The third-order valence-electron chi connectivity index (χ3n) is 2.69. The highest BCUT2D eigenvalue weighted by molar-refractivity contribution is 5.97. The van der Waals surface area contributed by atoms with Gasteiger partial charge in [0.25, 0.3) is 5.91 Å². The Balaban J connectivity index is 2.16. The summed E-state index contributed by atoms with van der Waals surface area (Å²) >= 11 is 0. The highest BCUT2D eigenvalue weighted by Gasteiger charge is 2.16. The summed E-state index contributed by atoms with van der Waals surface area (Å²) in [5.74, 6) is 1.09. The topological polar surface area (TPSA) is 108 Å². The predicted molar refractivity (Wildman–Crippen MR) is 73.2 cm³/mol. The Labute approximate surface area is 116 Å². The molecule has 2 aromatic rings. The molecule has 106 valence electrons. The van der Waals surface area contributed by atoms with Crippen LogP contribution in [0.1, 0.15) is 41.9 Å². The standard InChI is InChI=1S/C12H17N7O/c1-7(2)11-14-4-8(13-3)10(18-11)12(20)15-5-9-16-6-17-19-9/h4,6-7,13H,5H2,1-3H3,(H,15,20)(H,16,17,19). The summed E-state index contributed by atoms with van der Waals surface area (Å²) < 4.78 is 0. The zero-order valence-electron chi connectivity index (χ0n) is 11.6. The van der Waals surface area contributed by atoms with Crippen molar-refractivity contribution in [2.75, 3.05) is 12.4 Å². The van der Waals surface area contributed by atoms with E-state index < -0.39 is 0 Å². The SMILES string of the molecule is CNc1cnc(C(C)C)nc1C(=O)NCc1ncn[nH]1. The molecule has 0 fully saturated rings. The first kappa shape index (κ1) is 13.9. The number of hydrogen-bond acceptors (Lipinski definition) is 6. The van der Waals surface area contributed by atoms with Gasteiger partial charge in [-0.1, -0.05) is 13.8 Å². The van der Waals surface area contributed by atoms with Crippen LogP contribution in [0.4, 0.5) is 5.69 Å². The Morgan fingerprint density at radius 2 is 2.20 bits per heavy atom. The van der Waals surface area contributed by atoms with Gasteiger partial charge in [0.1, 0.15) is 18.0 Å². The van der Waals surface area contributed by atoms with Crippen molar-refractivity contribution in [1.82, 2.24) is 30.5 Å². The first-order valence-electron chi connectivity index (χ1n) is 6.29. The van der Waals surface area contributed by atoms with Crippen LogP contribution in [0.2, 0.25) is 0 Å². The van der Waals surface area contributed by atoms with Crippen LogP contribution in [-0.4, -0.2) is 38.1 Å². The Morgan fingerprint density at radius 3 is 2.80 bits per heavy atom. The molecule has 0 atom stereocenters. The minimum absolute atomic E-state index is 0.154. The molecule has 0 aliphatic rings. The van der Waals surface area contributed by atoms with Crippen LogP contribution in [0.5, 0.6) is 0 Å². The van der Waals surface area contributed by atoms with Crippen molar-refractivity contribution in [3.05, 3.63) is 29.9 Å². The maximum absolute atomic E-state index is 12.2. The number of anilines is 1. The van der Waals surface area contributed by atoms with E-state index in [1.165, 1.54) is 6.33 Å². The van der Waals surface area contributed by atoms with Crippen molar-refractivity contribution >= 4 is 11.6 Å². The van der Waals surface area contributed by atoms with Crippen molar-refractivity contribution in [3.63, 3.8) is 0 Å². The molecule has 0 aliphatic heterocycles. The van der Waals surface area contributed by atoms with E-state index in [2.05, 4.69) is 35.8 Å². The Morgan fingerprint density at radius 1 is 1.40 bits per heavy atom. The van der Waals surface area contributed by atoms with E-state index in [4.69, 9.17) is 0 Å². The maximum atomic E-state index is 12.2. The molecule has 20 heavy (non-hydrogen) atoms. The second kappa shape index (κ2) is 6.09. The van der Waals surface area contributed by atoms with E-state index in [0.717, 1.165) is 0 Å². The lowest BCUT2D eigenvalue weighted by atomic mass is 10.2. The lowest BCUT2D eigenvalue weighted by molar-refractivity contribution is 0.0945. The first-order valence-corrected chi connectivity index (χ1v) is 6.29. The van der Waals surface area contributed by atoms with Crippen LogP contribution in [0.25, 0.3) is 0 Å². The molecule has 0 saturated carbocycles. The normalized spacial score (nSPS) is 10.6. The average Bonchev–Trinajstić information content (AvgIpc) is 2.97. The Hall–Kier alpha value is -2.51. The molecule has 0 radical (unpaired) electrons. The van der Waals surface area contributed by atoms with Crippen LogP contribution in [0, 0.1) is 0 Å². The summed E-state index contributed by atoms with van der Waals surface area (Å²) in [5.41, 5.74) is 0.912. The van der Waals surface area contributed by atoms with Crippen LogP contribution in [-0.2, 0) is 6.54 Å². The number of carbonyl (C=O) groups is 1.